The van der Waals surface area contributed by atoms with E-state index in [1.54, 1.807) is 6.07 Å². The van der Waals surface area contributed by atoms with E-state index in [-0.39, 0.29) is 25.9 Å². The predicted molar refractivity (Wildman–Crippen MR) is 51.6 cm³/mol. The van der Waals surface area contributed by atoms with Gasteiger partial charge in [-0.3, -0.25) is 15.1 Å². The molecular formula is C7H9N5O4. The van der Waals surface area contributed by atoms with Crippen molar-refractivity contribution >= 4 is 6.34 Å². The average molecular weight is 227 g/mol. The lowest BCUT2D eigenvalue weighted by Gasteiger charge is -2.26. The maximum absolute atomic E-state index is 10.9. The molecule has 0 fully saturated rings. The number of hydrazine groups is 1. The molecule has 0 saturated heterocycles. The maximum atomic E-state index is 10.9. The summed E-state index contributed by atoms with van der Waals surface area (Å²) in [5.41, 5.74) is -1.53. The van der Waals surface area contributed by atoms with E-state index in [1.165, 1.54) is 0 Å². The lowest BCUT2D eigenvalue weighted by molar-refractivity contribution is -0.653. The number of hydrogen-bond donors (Lipinski definition) is 0. The molecule has 1 atom stereocenters. The van der Waals surface area contributed by atoms with Gasteiger partial charge in [-0.05, 0) is 0 Å². The fourth-order valence-corrected chi connectivity index (χ4v) is 1.45. The van der Waals surface area contributed by atoms with Crippen molar-refractivity contribution in [1.29, 1.82) is 5.26 Å². The van der Waals surface area contributed by atoms with Crippen LogP contribution in [0.5, 0.6) is 0 Å². The van der Waals surface area contributed by atoms with Gasteiger partial charge in [0.25, 0.3) is 5.54 Å². The van der Waals surface area contributed by atoms with Crippen molar-refractivity contribution in [2.75, 3.05) is 13.1 Å². The van der Waals surface area contributed by atoms with Crippen LogP contribution in [0.25, 0.3) is 0 Å². The molecule has 0 radical (unpaired) electrons. The van der Waals surface area contributed by atoms with Crippen LogP contribution >= 0.6 is 0 Å². The van der Waals surface area contributed by atoms with Gasteiger partial charge in [-0.2, -0.15) is 5.26 Å². The topological polar surface area (TPSA) is 126 Å². The number of hydrogen-bond acceptors (Lipinski definition) is 6. The Hall–Kier alpha value is -2.24. The summed E-state index contributed by atoms with van der Waals surface area (Å²) >= 11 is 0. The van der Waals surface area contributed by atoms with Crippen LogP contribution in [0.4, 0.5) is 0 Å². The summed E-state index contributed by atoms with van der Waals surface area (Å²) in [5.74, 6) is 0. The Bertz CT molecular complexity index is 375. The van der Waals surface area contributed by atoms with Crippen LogP contribution in [0.2, 0.25) is 0 Å². The molecule has 16 heavy (non-hydrogen) atoms. The lowest BCUT2D eigenvalue weighted by Crippen LogP contribution is -2.55. The third-order valence-corrected chi connectivity index (χ3v) is 2.36. The number of nitrogens with zero attached hydrogens (tertiary/aromatic N) is 5. The first kappa shape index (κ1) is 11.8. The van der Waals surface area contributed by atoms with E-state index in [4.69, 9.17) is 5.26 Å². The fraction of sp³-hybridized carbons (Fsp3) is 0.714. The molecule has 9 nitrogen and oxygen atoms in total. The number of aliphatic imine (C=N–C) groups is 1. The molecule has 0 aromatic heterocycles. The van der Waals surface area contributed by atoms with E-state index in [0.717, 1.165) is 6.34 Å². The smallest absolute Gasteiger partial charge is 0.264 e. The maximum Gasteiger partial charge on any atom is 0.265 e. The van der Waals surface area contributed by atoms with Gasteiger partial charge in [-0.1, -0.05) is 5.01 Å². The van der Waals surface area contributed by atoms with E-state index in [0.29, 0.717) is 5.01 Å². The van der Waals surface area contributed by atoms with Gasteiger partial charge in [0.15, 0.2) is 17.9 Å². The first-order valence-electron chi connectivity index (χ1n) is 4.44. The summed E-state index contributed by atoms with van der Waals surface area (Å²) < 4.78 is 0. The molecule has 9 heteroatoms. The molecule has 0 saturated carbocycles. The van der Waals surface area contributed by atoms with Crippen molar-refractivity contribution in [2.24, 2.45) is 4.99 Å². The molecule has 1 aliphatic rings. The second kappa shape index (κ2) is 4.52. The van der Waals surface area contributed by atoms with Gasteiger partial charge in [0, 0.05) is 17.8 Å². The highest BCUT2D eigenvalue weighted by Gasteiger charge is 2.48. The molecule has 1 rings (SSSR count). The Morgan fingerprint density at radius 1 is 1.56 bits per heavy atom. The fourth-order valence-electron chi connectivity index (χ4n) is 1.45. The Morgan fingerprint density at radius 2 is 2.25 bits per heavy atom. The Kier molecular flexibility index (Phi) is 3.34. The van der Waals surface area contributed by atoms with Crippen molar-refractivity contribution < 1.29 is 9.96 Å². The van der Waals surface area contributed by atoms with E-state index in [9.17, 15) is 20.2 Å². The van der Waals surface area contributed by atoms with Gasteiger partial charge in [0.05, 0.1) is 6.07 Å². The van der Waals surface area contributed by atoms with Crippen molar-refractivity contribution in [3.05, 3.63) is 20.2 Å². The second-order valence-electron chi connectivity index (χ2n) is 3.43. The van der Waals surface area contributed by atoms with E-state index in [1.807, 2.05) is 0 Å². The SMILES string of the molecule is N#CCCC1([N+](=O)[O-])CN=CN([N+](=O)[O-])C1. The van der Waals surface area contributed by atoms with Crippen LogP contribution in [0.1, 0.15) is 12.8 Å². The Labute approximate surface area is 90.2 Å². The van der Waals surface area contributed by atoms with Crippen molar-refractivity contribution in [3.63, 3.8) is 0 Å². The number of nitriles is 1. The van der Waals surface area contributed by atoms with Crippen LogP contribution in [0.15, 0.2) is 4.99 Å². The molecule has 1 unspecified atom stereocenters. The minimum absolute atomic E-state index is 0.0257. The molecule has 0 spiro atoms. The van der Waals surface area contributed by atoms with Crippen molar-refractivity contribution in [3.8, 4) is 6.07 Å². The quantitative estimate of drug-likeness (QED) is 0.485. The van der Waals surface area contributed by atoms with Gasteiger partial charge >= 0.3 is 0 Å². The van der Waals surface area contributed by atoms with Crippen LogP contribution in [-0.4, -0.2) is 39.9 Å². The zero-order valence-electron chi connectivity index (χ0n) is 8.27. The van der Waals surface area contributed by atoms with E-state index in [2.05, 4.69) is 4.99 Å². The van der Waals surface area contributed by atoms with Crippen LogP contribution in [-0.2, 0) is 0 Å². The number of nitro groups is 2. The third-order valence-electron chi connectivity index (χ3n) is 2.36. The largest absolute Gasteiger partial charge is 0.265 e. The average Bonchev–Trinajstić information content (AvgIpc) is 2.26. The molecule has 1 aliphatic heterocycles. The highest BCUT2D eigenvalue weighted by atomic mass is 16.7. The zero-order valence-corrected chi connectivity index (χ0v) is 8.27. The van der Waals surface area contributed by atoms with Crippen LogP contribution in [0.3, 0.4) is 0 Å². The van der Waals surface area contributed by atoms with Gasteiger partial charge in [-0.15, -0.1) is 0 Å². The summed E-state index contributed by atoms with van der Waals surface area (Å²) in [6.07, 6.45) is 0.897. The standard InChI is InChI=1S/C7H9N5O4/c8-3-1-2-7(11(13)14)4-9-6-10(5-7)12(15)16/h6H,1-2,4-5H2. The normalized spacial score (nSPS) is 23.8. The number of rotatable bonds is 4. The van der Waals surface area contributed by atoms with Crippen molar-refractivity contribution in [2.45, 2.75) is 18.4 Å². The van der Waals surface area contributed by atoms with E-state index >= 15 is 0 Å². The zero-order chi connectivity index (χ0) is 12.2. The highest BCUT2D eigenvalue weighted by molar-refractivity contribution is 5.54. The minimum atomic E-state index is -1.53. The van der Waals surface area contributed by atoms with E-state index < -0.39 is 15.5 Å². The minimum Gasteiger partial charge on any atom is -0.264 e. The lowest BCUT2D eigenvalue weighted by atomic mass is 9.93. The van der Waals surface area contributed by atoms with Crippen LogP contribution < -0.4 is 0 Å². The summed E-state index contributed by atoms with van der Waals surface area (Å²) in [7, 11) is 0. The van der Waals surface area contributed by atoms with Gasteiger partial charge in [-0.25, -0.2) is 10.1 Å². The molecule has 0 amide bonds. The molecular weight excluding hydrogens is 218 g/mol. The summed E-state index contributed by atoms with van der Waals surface area (Å²) in [6.45, 7) is -0.496. The second-order valence-corrected chi connectivity index (χ2v) is 3.43. The van der Waals surface area contributed by atoms with Crippen molar-refractivity contribution in [1.82, 2.24) is 5.01 Å². The summed E-state index contributed by atoms with van der Waals surface area (Å²) in [4.78, 5) is 24.4. The summed E-state index contributed by atoms with van der Waals surface area (Å²) in [5, 5.41) is 29.6. The molecule has 0 aliphatic carbocycles. The molecule has 0 N–H and O–H groups in total. The highest BCUT2D eigenvalue weighted by Crippen LogP contribution is 2.22. The van der Waals surface area contributed by atoms with Gasteiger partial charge < -0.3 is 0 Å². The molecule has 86 valence electrons. The first-order valence-corrected chi connectivity index (χ1v) is 4.44. The van der Waals surface area contributed by atoms with Gasteiger partial charge in [0.2, 0.25) is 0 Å². The molecule has 0 aromatic rings. The van der Waals surface area contributed by atoms with Gasteiger partial charge in [0.1, 0.15) is 6.54 Å². The third kappa shape index (κ3) is 2.22. The molecule has 0 bridgehead atoms. The van der Waals surface area contributed by atoms with Crippen LogP contribution in [0, 0.1) is 31.6 Å². The Balaban J connectivity index is 2.88. The molecule has 0 aromatic carbocycles. The Morgan fingerprint density at radius 3 is 2.75 bits per heavy atom. The first-order chi connectivity index (χ1) is 7.52. The monoisotopic (exact) mass is 227 g/mol. The summed E-state index contributed by atoms with van der Waals surface area (Å²) in [6, 6.07) is 1.79. The predicted octanol–water partition coefficient (Wildman–Crippen LogP) is -0.159. The molecule has 1 heterocycles.